The molecule has 0 N–H and O–H groups in total. The van der Waals surface area contributed by atoms with Crippen LogP contribution in [-0.4, -0.2) is 18.0 Å². The molecule has 0 fully saturated rings. The molecule has 0 spiro atoms. The molecule has 2 nitrogen and oxygen atoms in total. The number of benzene rings is 2. The molecule has 0 aliphatic carbocycles. The maximum atomic E-state index is 6.10. The lowest BCUT2D eigenvalue weighted by atomic mass is 10.1. The van der Waals surface area contributed by atoms with E-state index < -0.39 is 0 Å². The summed E-state index contributed by atoms with van der Waals surface area (Å²) in [5, 5.41) is 2.30. The van der Waals surface area contributed by atoms with E-state index in [0.717, 1.165) is 48.3 Å². The number of rotatable bonds is 15. The molecule has 1 unspecified atom stereocenters. The van der Waals surface area contributed by atoms with Crippen molar-refractivity contribution in [2.45, 2.75) is 82.9 Å². The van der Waals surface area contributed by atoms with Gasteiger partial charge in [0.25, 0.3) is 0 Å². The summed E-state index contributed by atoms with van der Waals surface area (Å²) in [7, 11) is 0. The molecular formula is C25H37BrO2. The number of alkyl halides is 1. The fourth-order valence-corrected chi connectivity index (χ4v) is 3.74. The van der Waals surface area contributed by atoms with Crippen LogP contribution in [0.25, 0.3) is 10.8 Å². The van der Waals surface area contributed by atoms with Crippen molar-refractivity contribution in [2.75, 3.05) is 13.2 Å². The summed E-state index contributed by atoms with van der Waals surface area (Å²) in [6.07, 6.45) is 12.4. The van der Waals surface area contributed by atoms with Crippen LogP contribution in [0.4, 0.5) is 0 Å². The molecule has 0 saturated heterocycles. The van der Waals surface area contributed by atoms with Gasteiger partial charge < -0.3 is 9.47 Å². The molecule has 2 rings (SSSR count). The first kappa shape index (κ1) is 23.1. The number of hydrogen-bond acceptors (Lipinski definition) is 2. The smallest absolute Gasteiger partial charge is 0.127 e. The molecule has 0 heterocycles. The van der Waals surface area contributed by atoms with Gasteiger partial charge in [0.05, 0.1) is 13.2 Å². The van der Waals surface area contributed by atoms with Gasteiger partial charge in [-0.05, 0) is 44.2 Å². The van der Waals surface area contributed by atoms with Gasteiger partial charge in [-0.25, -0.2) is 0 Å². The second kappa shape index (κ2) is 13.9. The standard InChI is InChI=1S/C25H37BrO2/c1-3-5-6-7-8-12-19-27-24-17-18-25(23-16-10-9-15-22(23)24)28-20-13-11-14-21(26)4-2/h9-10,15-18,21H,3-8,11-14,19-20H2,1-2H3. The van der Waals surface area contributed by atoms with Gasteiger partial charge >= 0.3 is 0 Å². The van der Waals surface area contributed by atoms with E-state index in [1.165, 1.54) is 51.4 Å². The zero-order chi connectivity index (χ0) is 20.0. The Kier molecular flexibility index (Phi) is 11.4. The first-order valence-electron chi connectivity index (χ1n) is 11.2. The molecule has 0 saturated carbocycles. The predicted octanol–water partition coefficient (Wildman–Crippen LogP) is 8.30. The molecule has 156 valence electrons. The van der Waals surface area contributed by atoms with Gasteiger partial charge in [-0.15, -0.1) is 0 Å². The Hall–Kier alpha value is -1.22. The normalized spacial score (nSPS) is 12.2. The highest BCUT2D eigenvalue weighted by atomic mass is 79.9. The number of halogens is 1. The summed E-state index contributed by atoms with van der Waals surface area (Å²) in [4.78, 5) is 0.636. The van der Waals surface area contributed by atoms with Gasteiger partial charge in [-0.1, -0.05) is 86.1 Å². The second-order valence-corrected chi connectivity index (χ2v) is 8.87. The molecule has 0 aliphatic heterocycles. The van der Waals surface area contributed by atoms with Crippen molar-refractivity contribution in [3.8, 4) is 11.5 Å². The molecule has 0 amide bonds. The summed E-state index contributed by atoms with van der Waals surface area (Å²) in [6, 6.07) is 12.6. The minimum atomic E-state index is 0.636. The molecule has 28 heavy (non-hydrogen) atoms. The SMILES string of the molecule is CCCCCCCCOc1ccc(OCCCCC(Br)CC)c2ccccc12. The van der Waals surface area contributed by atoms with Crippen LogP contribution in [0.3, 0.4) is 0 Å². The van der Waals surface area contributed by atoms with E-state index in [4.69, 9.17) is 9.47 Å². The van der Waals surface area contributed by atoms with Crippen LogP contribution in [0.2, 0.25) is 0 Å². The Morgan fingerprint density at radius 1 is 0.714 bits per heavy atom. The predicted molar refractivity (Wildman–Crippen MR) is 125 cm³/mol. The van der Waals surface area contributed by atoms with Crippen LogP contribution in [0.1, 0.15) is 78.1 Å². The Balaban J connectivity index is 1.84. The van der Waals surface area contributed by atoms with E-state index in [2.05, 4.69) is 66.2 Å². The van der Waals surface area contributed by atoms with Crippen LogP contribution >= 0.6 is 15.9 Å². The van der Waals surface area contributed by atoms with Crippen LogP contribution in [0, 0.1) is 0 Å². The van der Waals surface area contributed by atoms with Gasteiger partial charge in [-0.2, -0.15) is 0 Å². The van der Waals surface area contributed by atoms with Crippen molar-refractivity contribution in [1.29, 1.82) is 0 Å². The lowest BCUT2D eigenvalue weighted by molar-refractivity contribution is 0.301. The Morgan fingerprint density at radius 2 is 1.25 bits per heavy atom. The first-order valence-corrected chi connectivity index (χ1v) is 12.1. The summed E-state index contributed by atoms with van der Waals surface area (Å²) >= 11 is 3.70. The summed E-state index contributed by atoms with van der Waals surface area (Å²) in [5.41, 5.74) is 0. The third kappa shape index (κ3) is 8.03. The Labute approximate surface area is 180 Å². The topological polar surface area (TPSA) is 18.5 Å². The molecule has 2 aromatic carbocycles. The lowest BCUT2D eigenvalue weighted by Crippen LogP contribution is -2.02. The van der Waals surface area contributed by atoms with Crippen molar-refractivity contribution >= 4 is 26.7 Å². The van der Waals surface area contributed by atoms with E-state index in [1.54, 1.807) is 0 Å². The van der Waals surface area contributed by atoms with Crippen molar-refractivity contribution in [3.05, 3.63) is 36.4 Å². The van der Waals surface area contributed by atoms with Crippen molar-refractivity contribution in [1.82, 2.24) is 0 Å². The van der Waals surface area contributed by atoms with Gasteiger partial charge in [0, 0.05) is 15.6 Å². The van der Waals surface area contributed by atoms with Crippen molar-refractivity contribution in [2.24, 2.45) is 0 Å². The van der Waals surface area contributed by atoms with Crippen LogP contribution in [-0.2, 0) is 0 Å². The number of fused-ring (bicyclic) bond motifs is 1. The fourth-order valence-electron chi connectivity index (χ4n) is 3.41. The zero-order valence-electron chi connectivity index (χ0n) is 17.7. The molecule has 0 radical (unpaired) electrons. The number of hydrogen-bond donors (Lipinski definition) is 0. The Morgan fingerprint density at radius 3 is 1.82 bits per heavy atom. The maximum Gasteiger partial charge on any atom is 0.127 e. The maximum absolute atomic E-state index is 6.10. The van der Waals surface area contributed by atoms with Crippen molar-refractivity contribution < 1.29 is 9.47 Å². The molecule has 0 aromatic heterocycles. The molecule has 3 heteroatoms. The van der Waals surface area contributed by atoms with E-state index in [-0.39, 0.29) is 0 Å². The fraction of sp³-hybridized carbons (Fsp3) is 0.600. The van der Waals surface area contributed by atoms with Crippen LogP contribution in [0.5, 0.6) is 11.5 Å². The molecular weight excluding hydrogens is 412 g/mol. The molecule has 1 atom stereocenters. The summed E-state index contributed by atoms with van der Waals surface area (Å²) in [6.45, 7) is 6.04. The van der Waals surface area contributed by atoms with Gasteiger partial charge in [0.15, 0.2) is 0 Å². The lowest BCUT2D eigenvalue weighted by Gasteiger charge is -2.14. The highest BCUT2D eigenvalue weighted by molar-refractivity contribution is 9.09. The number of unbranched alkanes of at least 4 members (excludes halogenated alkanes) is 6. The van der Waals surface area contributed by atoms with E-state index in [1.807, 2.05) is 0 Å². The van der Waals surface area contributed by atoms with Gasteiger partial charge in [0.2, 0.25) is 0 Å². The Bertz CT molecular complexity index is 671. The third-order valence-electron chi connectivity index (χ3n) is 5.21. The minimum absolute atomic E-state index is 0.636. The van der Waals surface area contributed by atoms with Crippen molar-refractivity contribution in [3.63, 3.8) is 0 Å². The largest absolute Gasteiger partial charge is 0.493 e. The average molecular weight is 449 g/mol. The monoisotopic (exact) mass is 448 g/mol. The highest BCUT2D eigenvalue weighted by Crippen LogP contribution is 2.33. The molecule has 2 aromatic rings. The van der Waals surface area contributed by atoms with E-state index in [0.29, 0.717) is 4.83 Å². The third-order valence-corrected chi connectivity index (χ3v) is 6.32. The minimum Gasteiger partial charge on any atom is -0.493 e. The quantitative estimate of drug-likeness (QED) is 0.201. The van der Waals surface area contributed by atoms with Gasteiger partial charge in [-0.3, -0.25) is 0 Å². The van der Waals surface area contributed by atoms with Crippen LogP contribution in [0.15, 0.2) is 36.4 Å². The van der Waals surface area contributed by atoms with Crippen LogP contribution < -0.4 is 9.47 Å². The molecule has 0 bridgehead atoms. The highest BCUT2D eigenvalue weighted by Gasteiger charge is 2.08. The van der Waals surface area contributed by atoms with E-state index >= 15 is 0 Å². The first-order chi connectivity index (χ1) is 13.8. The van der Waals surface area contributed by atoms with E-state index in [9.17, 15) is 0 Å². The average Bonchev–Trinajstić information content (AvgIpc) is 2.73. The number of ether oxygens (including phenoxy) is 2. The second-order valence-electron chi connectivity index (χ2n) is 7.57. The van der Waals surface area contributed by atoms with Gasteiger partial charge in [0.1, 0.15) is 11.5 Å². The summed E-state index contributed by atoms with van der Waals surface area (Å²) < 4.78 is 12.2. The zero-order valence-corrected chi connectivity index (χ0v) is 19.3. The summed E-state index contributed by atoms with van der Waals surface area (Å²) in [5.74, 6) is 1.94. The molecule has 0 aliphatic rings.